The van der Waals surface area contributed by atoms with Gasteiger partial charge < -0.3 is 15.2 Å². The fourth-order valence-electron chi connectivity index (χ4n) is 1.41. The first-order valence-corrected chi connectivity index (χ1v) is 5.29. The number of hydrogen-bond donors (Lipinski definition) is 2. The Balaban J connectivity index is 2.97. The van der Waals surface area contributed by atoms with Gasteiger partial charge in [-0.05, 0) is 6.07 Å². The first-order valence-electron chi connectivity index (χ1n) is 5.29. The van der Waals surface area contributed by atoms with Crippen LogP contribution in [0.25, 0.3) is 0 Å². The van der Waals surface area contributed by atoms with Gasteiger partial charge in [0.15, 0.2) is 6.10 Å². The number of nitrogens with one attached hydrogen (secondary N) is 1. The van der Waals surface area contributed by atoms with Crippen LogP contribution in [0.2, 0.25) is 0 Å². The second kappa shape index (κ2) is 6.43. The maximum atomic E-state index is 10.8. The molecule has 10 nitrogen and oxygen atoms in total. The maximum Gasteiger partial charge on any atom is 0.334 e. The van der Waals surface area contributed by atoms with E-state index >= 15 is 0 Å². The molecule has 0 amide bonds. The zero-order valence-corrected chi connectivity index (χ0v) is 10.3. The van der Waals surface area contributed by atoms with Crippen LogP contribution >= 0.6 is 0 Å². The molecule has 0 aliphatic carbocycles. The standard InChI is InChI=1S/C10H11N3O7/c1-20-9(10(14)15)5-11-7-3-2-6(12(16)17)4-8(7)13(18)19/h2-4,9,11H,5H2,1H3,(H,14,15). The molecule has 0 saturated carbocycles. The van der Waals surface area contributed by atoms with Gasteiger partial charge in [-0.1, -0.05) is 0 Å². The van der Waals surface area contributed by atoms with Crippen molar-refractivity contribution in [1.82, 2.24) is 0 Å². The van der Waals surface area contributed by atoms with Crippen molar-refractivity contribution in [2.75, 3.05) is 19.0 Å². The van der Waals surface area contributed by atoms with E-state index in [2.05, 4.69) is 10.1 Å². The minimum Gasteiger partial charge on any atom is -0.479 e. The van der Waals surface area contributed by atoms with Gasteiger partial charge >= 0.3 is 5.97 Å². The summed E-state index contributed by atoms with van der Waals surface area (Å²) >= 11 is 0. The summed E-state index contributed by atoms with van der Waals surface area (Å²) in [5.74, 6) is -1.23. The van der Waals surface area contributed by atoms with Crippen molar-refractivity contribution in [2.24, 2.45) is 0 Å². The van der Waals surface area contributed by atoms with Gasteiger partial charge in [0.1, 0.15) is 5.69 Å². The number of non-ortho nitro benzene ring substituents is 1. The molecule has 20 heavy (non-hydrogen) atoms. The molecule has 1 unspecified atom stereocenters. The third-order valence-electron chi connectivity index (χ3n) is 2.43. The summed E-state index contributed by atoms with van der Waals surface area (Å²) in [6.45, 7) is -0.218. The highest BCUT2D eigenvalue weighted by molar-refractivity contribution is 5.74. The normalized spacial score (nSPS) is 11.7. The van der Waals surface area contributed by atoms with E-state index in [-0.39, 0.29) is 12.2 Å². The number of nitrogens with zero attached hydrogens (tertiary/aromatic N) is 2. The molecule has 0 saturated heterocycles. The van der Waals surface area contributed by atoms with Gasteiger partial charge in [-0.15, -0.1) is 0 Å². The molecule has 0 aliphatic heterocycles. The van der Waals surface area contributed by atoms with E-state index in [1.54, 1.807) is 0 Å². The number of carbonyl (C=O) groups is 1. The van der Waals surface area contributed by atoms with E-state index in [1.807, 2.05) is 0 Å². The highest BCUT2D eigenvalue weighted by atomic mass is 16.6. The summed E-state index contributed by atoms with van der Waals surface area (Å²) in [4.78, 5) is 30.6. The number of anilines is 1. The average Bonchev–Trinajstić information content (AvgIpc) is 2.38. The predicted molar refractivity (Wildman–Crippen MR) is 66.7 cm³/mol. The first kappa shape index (κ1) is 15.3. The molecule has 0 aliphatic rings. The number of nitro groups is 2. The number of methoxy groups -OCH3 is 1. The number of carboxylic acid groups (broad SMARTS) is 1. The fourth-order valence-corrected chi connectivity index (χ4v) is 1.41. The molecule has 108 valence electrons. The minimum atomic E-state index is -1.23. The van der Waals surface area contributed by atoms with Crippen molar-refractivity contribution in [1.29, 1.82) is 0 Å². The molecule has 1 atom stereocenters. The topological polar surface area (TPSA) is 145 Å². The molecule has 0 aromatic heterocycles. The Morgan fingerprint density at radius 1 is 1.40 bits per heavy atom. The number of hydrogen-bond acceptors (Lipinski definition) is 7. The molecule has 10 heteroatoms. The average molecular weight is 285 g/mol. The summed E-state index contributed by atoms with van der Waals surface area (Å²) in [7, 11) is 1.19. The van der Waals surface area contributed by atoms with Crippen LogP contribution < -0.4 is 5.32 Å². The molecule has 0 fully saturated rings. The molecule has 1 aromatic carbocycles. The largest absolute Gasteiger partial charge is 0.479 e. The van der Waals surface area contributed by atoms with Crippen LogP contribution in [-0.4, -0.2) is 40.7 Å². The second-order valence-electron chi connectivity index (χ2n) is 3.66. The Morgan fingerprint density at radius 3 is 2.50 bits per heavy atom. The van der Waals surface area contributed by atoms with Crippen LogP contribution in [0.1, 0.15) is 0 Å². The number of nitro benzene ring substituents is 2. The van der Waals surface area contributed by atoms with Crippen LogP contribution in [0, 0.1) is 20.2 Å². The lowest BCUT2D eigenvalue weighted by Crippen LogP contribution is -2.30. The van der Waals surface area contributed by atoms with Crippen LogP contribution in [0.15, 0.2) is 18.2 Å². The van der Waals surface area contributed by atoms with Gasteiger partial charge in [0.2, 0.25) is 0 Å². The lowest BCUT2D eigenvalue weighted by atomic mass is 10.2. The monoisotopic (exact) mass is 285 g/mol. The van der Waals surface area contributed by atoms with E-state index < -0.39 is 33.3 Å². The van der Waals surface area contributed by atoms with E-state index in [1.165, 1.54) is 7.11 Å². The lowest BCUT2D eigenvalue weighted by Gasteiger charge is -2.12. The van der Waals surface area contributed by atoms with Gasteiger partial charge in [0.05, 0.1) is 22.5 Å². The van der Waals surface area contributed by atoms with E-state index in [0.717, 1.165) is 18.2 Å². The van der Waals surface area contributed by atoms with E-state index in [4.69, 9.17) is 5.11 Å². The highest BCUT2D eigenvalue weighted by Gasteiger charge is 2.22. The number of benzene rings is 1. The zero-order valence-electron chi connectivity index (χ0n) is 10.3. The number of carboxylic acids is 1. The van der Waals surface area contributed by atoms with Crippen LogP contribution in [0.5, 0.6) is 0 Å². The first-order chi connectivity index (χ1) is 9.36. The number of ether oxygens (including phenoxy) is 1. The van der Waals surface area contributed by atoms with Gasteiger partial charge in [-0.3, -0.25) is 20.2 Å². The molecule has 1 aromatic rings. The van der Waals surface area contributed by atoms with Crippen LogP contribution in [-0.2, 0) is 9.53 Å². The van der Waals surface area contributed by atoms with Gasteiger partial charge in [0.25, 0.3) is 11.4 Å². The number of aliphatic carboxylic acids is 1. The van der Waals surface area contributed by atoms with Crippen molar-refractivity contribution in [3.05, 3.63) is 38.4 Å². The Bertz CT molecular complexity index is 546. The van der Waals surface area contributed by atoms with Crippen molar-refractivity contribution in [3.8, 4) is 0 Å². The Morgan fingerprint density at radius 2 is 2.05 bits per heavy atom. The van der Waals surface area contributed by atoms with Crippen molar-refractivity contribution in [2.45, 2.75) is 6.10 Å². The maximum absolute atomic E-state index is 10.8. The summed E-state index contributed by atoms with van der Waals surface area (Å²) in [5.41, 5.74) is -0.966. The molecule has 1 rings (SSSR count). The van der Waals surface area contributed by atoms with Crippen molar-refractivity contribution < 1.29 is 24.5 Å². The molecular formula is C10H11N3O7. The second-order valence-corrected chi connectivity index (χ2v) is 3.66. The van der Waals surface area contributed by atoms with Crippen molar-refractivity contribution in [3.63, 3.8) is 0 Å². The predicted octanol–water partition coefficient (Wildman–Crippen LogP) is 1.01. The molecule has 2 N–H and O–H groups in total. The third-order valence-corrected chi connectivity index (χ3v) is 2.43. The summed E-state index contributed by atoms with van der Waals surface area (Å²) < 4.78 is 4.66. The third kappa shape index (κ3) is 3.62. The zero-order chi connectivity index (χ0) is 15.3. The van der Waals surface area contributed by atoms with E-state index in [9.17, 15) is 25.0 Å². The van der Waals surface area contributed by atoms with Gasteiger partial charge in [-0.25, -0.2) is 4.79 Å². The van der Waals surface area contributed by atoms with Crippen molar-refractivity contribution >= 4 is 23.0 Å². The van der Waals surface area contributed by atoms with Crippen LogP contribution in [0.3, 0.4) is 0 Å². The van der Waals surface area contributed by atoms with Gasteiger partial charge in [-0.2, -0.15) is 0 Å². The van der Waals surface area contributed by atoms with Gasteiger partial charge in [0, 0.05) is 13.2 Å². The molecule has 0 bridgehead atoms. The summed E-state index contributed by atoms with van der Waals surface area (Å²) in [6, 6.07) is 3.02. The lowest BCUT2D eigenvalue weighted by molar-refractivity contribution is -0.393. The Labute approximate surface area is 112 Å². The highest BCUT2D eigenvalue weighted by Crippen LogP contribution is 2.28. The fraction of sp³-hybridized carbons (Fsp3) is 0.300. The molecule has 0 heterocycles. The minimum absolute atomic E-state index is 0.0242. The van der Waals surface area contributed by atoms with E-state index in [0.29, 0.717) is 0 Å². The van der Waals surface area contributed by atoms with Crippen LogP contribution in [0.4, 0.5) is 17.1 Å². The SMILES string of the molecule is COC(CNc1ccc([N+](=O)[O-])cc1[N+](=O)[O-])C(=O)O. The quantitative estimate of drug-likeness (QED) is 0.557. The molecular weight excluding hydrogens is 274 g/mol. The molecule has 0 radical (unpaired) electrons. The molecule has 0 spiro atoms. The Kier molecular flexibility index (Phi) is 4.92. The summed E-state index contributed by atoms with van der Waals surface area (Å²) in [5, 5.41) is 32.7. The number of rotatable bonds is 7. The summed E-state index contributed by atoms with van der Waals surface area (Å²) in [6.07, 6.45) is -1.19. The Hall–Kier alpha value is -2.75. The smallest absolute Gasteiger partial charge is 0.334 e.